The Balaban J connectivity index is 1.99. The molecule has 0 saturated heterocycles. The van der Waals surface area contributed by atoms with Crippen LogP contribution in [-0.4, -0.2) is 16.2 Å². The predicted octanol–water partition coefficient (Wildman–Crippen LogP) is 2.33. The van der Waals surface area contributed by atoms with Crippen molar-refractivity contribution in [3.63, 3.8) is 0 Å². The van der Waals surface area contributed by atoms with E-state index in [-0.39, 0.29) is 12.2 Å². The third kappa shape index (κ3) is 3.35. The second kappa shape index (κ2) is 6.72. The Hall–Kier alpha value is -3.22. The van der Waals surface area contributed by atoms with Gasteiger partial charge in [0.15, 0.2) is 11.6 Å². The third-order valence-electron chi connectivity index (χ3n) is 3.73. The van der Waals surface area contributed by atoms with Gasteiger partial charge in [-0.05, 0) is 29.8 Å². The van der Waals surface area contributed by atoms with Crippen molar-refractivity contribution >= 4 is 0 Å². The molecule has 0 atom stereocenters. The standard InChI is InChI=1S/C18H14F2N2O3/c1-25-14-4-2-3-12(9-14)11-21-7-8-22(18(24)17(21)23)13-5-6-15(19)16(20)10-13/h2-10H,11H2,1H3. The maximum absolute atomic E-state index is 13.3. The quantitative estimate of drug-likeness (QED) is 0.683. The molecule has 3 aromatic rings. The van der Waals surface area contributed by atoms with Gasteiger partial charge in [-0.1, -0.05) is 12.1 Å². The number of methoxy groups -OCH3 is 1. The average Bonchev–Trinajstić information content (AvgIpc) is 2.62. The Kier molecular flexibility index (Phi) is 4.47. The lowest BCUT2D eigenvalue weighted by atomic mass is 10.2. The van der Waals surface area contributed by atoms with E-state index in [4.69, 9.17) is 4.74 Å². The summed E-state index contributed by atoms with van der Waals surface area (Å²) in [4.78, 5) is 24.6. The number of nitrogens with zero attached hydrogens (tertiary/aromatic N) is 2. The highest BCUT2D eigenvalue weighted by atomic mass is 19.2. The van der Waals surface area contributed by atoms with Gasteiger partial charge in [0.05, 0.1) is 19.3 Å². The molecule has 128 valence electrons. The lowest BCUT2D eigenvalue weighted by molar-refractivity contribution is 0.414. The van der Waals surface area contributed by atoms with E-state index in [9.17, 15) is 18.4 Å². The highest BCUT2D eigenvalue weighted by Crippen LogP contribution is 2.13. The maximum atomic E-state index is 13.3. The minimum Gasteiger partial charge on any atom is -0.497 e. The lowest BCUT2D eigenvalue weighted by Crippen LogP contribution is -2.40. The summed E-state index contributed by atoms with van der Waals surface area (Å²) in [7, 11) is 1.54. The first kappa shape index (κ1) is 16.6. The van der Waals surface area contributed by atoms with E-state index >= 15 is 0 Å². The fraction of sp³-hybridized carbons (Fsp3) is 0.111. The second-order valence-corrected chi connectivity index (χ2v) is 5.36. The molecule has 5 nitrogen and oxygen atoms in total. The van der Waals surface area contributed by atoms with Crippen LogP contribution in [0.15, 0.2) is 64.4 Å². The van der Waals surface area contributed by atoms with Gasteiger partial charge >= 0.3 is 11.1 Å². The van der Waals surface area contributed by atoms with Crippen molar-refractivity contribution < 1.29 is 13.5 Å². The van der Waals surface area contributed by atoms with Gasteiger partial charge in [-0.15, -0.1) is 0 Å². The number of benzene rings is 2. The molecule has 0 fully saturated rings. The molecular weight excluding hydrogens is 330 g/mol. The molecular formula is C18H14F2N2O3. The van der Waals surface area contributed by atoms with Gasteiger partial charge in [-0.25, -0.2) is 8.78 Å². The van der Waals surface area contributed by atoms with Gasteiger partial charge in [-0.3, -0.25) is 14.2 Å². The maximum Gasteiger partial charge on any atom is 0.320 e. The first-order valence-electron chi connectivity index (χ1n) is 7.40. The topological polar surface area (TPSA) is 53.2 Å². The molecule has 7 heteroatoms. The van der Waals surface area contributed by atoms with Gasteiger partial charge in [0.25, 0.3) is 0 Å². The normalized spacial score (nSPS) is 10.7. The fourth-order valence-corrected chi connectivity index (χ4v) is 2.44. The van der Waals surface area contributed by atoms with Crippen molar-refractivity contribution in [2.45, 2.75) is 6.54 Å². The van der Waals surface area contributed by atoms with Crippen LogP contribution in [0, 0.1) is 11.6 Å². The van der Waals surface area contributed by atoms with E-state index in [0.717, 1.165) is 22.3 Å². The van der Waals surface area contributed by atoms with E-state index < -0.39 is 22.8 Å². The Morgan fingerprint density at radius 3 is 2.48 bits per heavy atom. The molecule has 3 rings (SSSR count). The summed E-state index contributed by atoms with van der Waals surface area (Å²) in [6.07, 6.45) is 2.76. The molecule has 0 aliphatic heterocycles. The van der Waals surface area contributed by atoms with E-state index in [1.807, 2.05) is 0 Å². The smallest absolute Gasteiger partial charge is 0.320 e. The average molecular weight is 344 g/mol. The first-order valence-corrected chi connectivity index (χ1v) is 7.40. The lowest BCUT2D eigenvalue weighted by Gasteiger charge is -2.10. The second-order valence-electron chi connectivity index (χ2n) is 5.36. The Morgan fingerprint density at radius 1 is 0.960 bits per heavy atom. The molecule has 1 aromatic heterocycles. The Morgan fingerprint density at radius 2 is 1.76 bits per heavy atom. The first-order chi connectivity index (χ1) is 12.0. The van der Waals surface area contributed by atoms with Crippen LogP contribution in [0.2, 0.25) is 0 Å². The van der Waals surface area contributed by atoms with Crippen molar-refractivity contribution in [1.29, 1.82) is 0 Å². The van der Waals surface area contributed by atoms with Crippen LogP contribution >= 0.6 is 0 Å². The highest BCUT2D eigenvalue weighted by molar-refractivity contribution is 5.33. The molecule has 0 N–H and O–H groups in total. The molecule has 0 amide bonds. The van der Waals surface area contributed by atoms with Crippen LogP contribution in [0.1, 0.15) is 5.56 Å². The van der Waals surface area contributed by atoms with Crippen LogP contribution in [0.25, 0.3) is 5.69 Å². The minimum absolute atomic E-state index is 0.0783. The molecule has 0 spiro atoms. The van der Waals surface area contributed by atoms with Crippen molar-refractivity contribution in [1.82, 2.24) is 9.13 Å². The number of rotatable bonds is 4. The van der Waals surface area contributed by atoms with Crippen LogP contribution in [-0.2, 0) is 6.54 Å². The van der Waals surface area contributed by atoms with Crippen LogP contribution in [0.4, 0.5) is 8.78 Å². The van der Waals surface area contributed by atoms with Gasteiger partial charge in [0.1, 0.15) is 5.75 Å². The molecule has 1 heterocycles. The Bertz CT molecular complexity index is 1040. The number of hydrogen-bond acceptors (Lipinski definition) is 3. The largest absolute Gasteiger partial charge is 0.497 e. The number of halogens is 2. The van der Waals surface area contributed by atoms with Gasteiger partial charge < -0.3 is 9.30 Å². The summed E-state index contributed by atoms with van der Waals surface area (Å²) in [6, 6.07) is 10.1. The minimum atomic E-state index is -1.09. The molecule has 0 unspecified atom stereocenters. The van der Waals surface area contributed by atoms with Crippen molar-refractivity contribution in [2.24, 2.45) is 0 Å². The third-order valence-corrected chi connectivity index (χ3v) is 3.73. The number of aromatic nitrogens is 2. The molecule has 0 saturated carbocycles. The summed E-state index contributed by atoms with van der Waals surface area (Å²) < 4.78 is 33.7. The number of ether oxygens (including phenoxy) is 1. The van der Waals surface area contributed by atoms with Crippen molar-refractivity contribution in [2.75, 3.05) is 7.11 Å². The van der Waals surface area contributed by atoms with E-state index in [1.54, 1.807) is 24.3 Å². The van der Waals surface area contributed by atoms with Crippen molar-refractivity contribution in [3.05, 3.63) is 92.8 Å². The van der Waals surface area contributed by atoms with E-state index in [2.05, 4.69) is 0 Å². The molecule has 0 bridgehead atoms. The van der Waals surface area contributed by atoms with Crippen LogP contribution in [0.5, 0.6) is 5.75 Å². The molecule has 2 aromatic carbocycles. The van der Waals surface area contributed by atoms with Gasteiger partial charge in [0.2, 0.25) is 0 Å². The predicted molar refractivity (Wildman–Crippen MR) is 88.3 cm³/mol. The SMILES string of the molecule is COc1cccc(Cn2ccn(-c3ccc(F)c(F)c3)c(=O)c2=O)c1. The van der Waals surface area contributed by atoms with E-state index in [0.29, 0.717) is 5.75 Å². The molecule has 25 heavy (non-hydrogen) atoms. The summed E-state index contributed by atoms with van der Waals surface area (Å²) in [6.45, 7) is 0.184. The number of hydrogen-bond donors (Lipinski definition) is 0. The zero-order chi connectivity index (χ0) is 18.0. The fourth-order valence-electron chi connectivity index (χ4n) is 2.44. The Labute approximate surface area is 141 Å². The van der Waals surface area contributed by atoms with Crippen LogP contribution < -0.4 is 15.9 Å². The zero-order valence-corrected chi connectivity index (χ0v) is 13.3. The summed E-state index contributed by atoms with van der Waals surface area (Å²) >= 11 is 0. The van der Waals surface area contributed by atoms with E-state index in [1.165, 1.54) is 30.1 Å². The summed E-state index contributed by atoms with van der Waals surface area (Å²) in [5.74, 6) is -1.48. The summed E-state index contributed by atoms with van der Waals surface area (Å²) in [5, 5.41) is 0. The monoisotopic (exact) mass is 344 g/mol. The molecule has 0 aliphatic carbocycles. The molecule has 0 radical (unpaired) electrons. The van der Waals surface area contributed by atoms with Crippen molar-refractivity contribution in [3.8, 4) is 11.4 Å². The van der Waals surface area contributed by atoms with Gasteiger partial charge in [0, 0.05) is 18.5 Å². The summed E-state index contributed by atoms with van der Waals surface area (Å²) in [5.41, 5.74) is -0.757. The van der Waals surface area contributed by atoms with Gasteiger partial charge in [-0.2, -0.15) is 0 Å². The molecule has 0 aliphatic rings. The van der Waals surface area contributed by atoms with Crippen LogP contribution in [0.3, 0.4) is 0 Å². The zero-order valence-electron chi connectivity index (χ0n) is 13.3. The highest BCUT2D eigenvalue weighted by Gasteiger charge is 2.10.